The lowest BCUT2D eigenvalue weighted by Crippen LogP contribution is -2.01. The number of rotatable bonds is 2. The Labute approximate surface area is 86.7 Å². The van der Waals surface area contributed by atoms with Crippen molar-refractivity contribution in [3.05, 3.63) is 24.0 Å². The Hall–Kier alpha value is -2.11. The van der Waals surface area contributed by atoms with E-state index in [0.717, 1.165) is 5.69 Å². The van der Waals surface area contributed by atoms with Crippen LogP contribution in [0.3, 0.4) is 0 Å². The van der Waals surface area contributed by atoms with Gasteiger partial charge in [-0.3, -0.25) is 0 Å². The smallest absolute Gasteiger partial charge is 0.153 e. The number of hydrogen-bond donors (Lipinski definition) is 1. The van der Waals surface area contributed by atoms with Crippen LogP contribution in [0.25, 0.3) is 5.69 Å². The van der Waals surface area contributed by atoms with Crippen LogP contribution in [0.2, 0.25) is 0 Å². The van der Waals surface area contributed by atoms with Crippen LogP contribution in [-0.4, -0.2) is 27.3 Å². The second-order valence-electron chi connectivity index (χ2n) is 3.06. The SMILES string of the molecule is COc1ccc(-n2nnnc2C)cc1N. The van der Waals surface area contributed by atoms with E-state index in [1.165, 1.54) is 0 Å². The Morgan fingerprint density at radius 1 is 1.40 bits per heavy atom. The van der Waals surface area contributed by atoms with Crippen molar-refractivity contribution in [2.75, 3.05) is 12.8 Å². The van der Waals surface area contributed by atoms with Crippen LogP contribution in [0.4, 0.5) is 5.69 Å². The number of aryl methyl sites for hydroxylation is 1. The monoisotopic (exact) mass is 205 g/mol. The van der Waals surface area contributed by atoms with Gasteiger partial charge >= 0.3 is 0 Å². The lowest BCUT2D eigenvalue weighted by Gasteiger charge is -2.06. The molecule has 0 aliphatic rings. The maximum atomic E-state index is 5.78. The number of anilines is 1. The molecule has 15 heavy (non-hydrogen) atoms. The van der Waals surface area contributed by atoms with Crippen LogP contribution >= 0.6 is 0 Å². The van der Waals surface area contributed by atoms with Crippen molar-refractivity contribution in [3.63, 3.8) is 0 Å². The summed E-state index contributed by atoms with van der Waals surface area (Å²) in [6.07, 6.45) is 0. The van der Waals surface area contributed by atoms with Crippen LogP contribution in [0.15, 0.2) is 18.2 Å². The summed E-state index contributed by atoms with van der Waals surface area (Å²) in [6, 6.07) is 5.40. The molecule has 0 spiro atoms. The predicted octanol–water partition coefficient (Wildman–Crippen LogP) is 0.562. The molecule has 0 saturated carbocycles. The molecule has 1 aromatic heterocycles. The molecule has 0 amide bonds. The van der Waals surface area contributed by atoms with Gasteiger partial charge in [0.1, 0.15) is 5.75 Å². The van der Waals surface area contributed by atoms with Gasteiger partial charge in [0.05, 0.1) is 18.5 Å². The van der Waals surface area contributed by atoms with Gasteiger partial charge in [-0.25, -0.2) is 0 Å². The number of aromatic nitrogens is 4. The Bertz CT molecular complexity index is 479. The fourth-order valence-electron chi connectivity index (χ4n) is 1.32. The number of hydrogen-bond acceptors (Lipinski definition) is 5. The van der Waals surface area contributed by atoms with E-state index in [1.807, 2.05) is 13.0 Å². The summed E-state index contributed by atoms with van der Waals surface area (Å²) in [6.45, 7) is 1.82. The van der Waals surface area contributed by atoms with E-state index in [4.69, 9.17) is 10.5 Å². The molecule has 0 aliphatic carbocycles. The first-order valence-electron chi connectivity index (χ1n) is 4.41. The van der Waals surface area contributed by atoms with Gasteiger partial charge in [-0.05, 0) is 35.5 Å². The second-order valence-corrected chi connectivity index (χ2v) is 3.06. The quantitative estimate of drug-likeness (QED) is 0.725. The Balaban J connectivity index is 2.47. The van der Waals surface area contributed by atoms with Gasteiger partial charge in [0.2, 0.25) is 0 Å². The van der Waals surface area contributed by atoms with Crippen molar-refractivity contribution in [2.45, 2.75) is 6.92 Å². The minimum Gasteiger partial charge on any atom is -0.495 e. The normalized spacial score (nSPS) is 10.3. The molecule has 0 aliphatic heterocycles. The molecule has 0 fully saturated rings. The third-order valence-electron chi connectivity index (χ3n) is 2.08. The molecule has 2 rings (SSSR count). The first kappa shape index (κ1) is 9.45. The van der Waals surface area contributed by atoms with E-state index in [0.29, 0.717) is 17.3 Å². The average Bonchev–Trinajstić information content (AvgIpc) is 2.64. The van der Waals surface area contributed by atoms with Gasteiger partial charge in [-0.2, -0.15) is 4.68 Å². The van der Waals surface area contributed by atoms with Crippen molar-refractivity contribution >= 4 is 5.69 Å². The molecule has 0 radical (unpaired) electrons. The van der Waals surface area contributed by atoms with Gasteiger partial charge in [-0.1, -0.05) is 0 Å². The number of methoxy groups -OCH3 is 1. The van der Waals surface area contributed by atoms with Gasteiger partial charge in [0.25, 0.3) is 0 Å². The van der Waals surface area contributed by atoms with Crippen LogP contribution < -0.4 is 10.5 Å². The number of ether oxygens (including phenoxy) is 1. The van der Waals surface area contributed by atoms with Crippen molar-refractivity contribution in [2.24, 2.45) is 0 Å². The molecular formula is C9H11N5O. The summed E-state index contributed by atoms with van der Waals surface area (Å²) in [5.41, 5.74) is 7.16. The number of nitrogen functional groups attached to an aromatic ring is 1. The molecular weight excluding hydrogens is 194 g/mol. The van der Waals surface area contributed by atoms with Crippen molar-refractivity contribution in [3.8, 4) is 11.4 Å². The first-order chi connectivity index (χ1) is 7.22. The minimum atomic E-state index is 0.560. The lowest BCUT2D eigenvalue weighted by atomic mass is 10.2. The highest BCUT2D eigenvalue weighted by Crippen LogP contribution is 2.23. The summed E-state index contributed by atoms with van der Waals surface area (Å²) >= 11 is 0. The van der Waals surface area contributed by atoms with Gasteiger partial charge < -0.3 is 10.5 Å². The molecule has 1 aromatic carbocycles. The van der Waals surface area contributed by atoms with Crippen molar-refractivity contribution < 1.29 is 4.74 Å². The van der Waals surface area contributed by atoms with Crippen LogP contribution in [0.5, 0.6) is 5.75 Å². The standard InChI is InChI=1S/C9H11N5O/c1-6-11-12-13-14(6)7-3-4-9(15-2)8(10)5-7/h3-5H,10H2,1-2H3. The van der Waals surface area contributed by atoms with Crippen LogP contribution in [0, 0.1) is 6.92 Å². The van der Waals surface area contributed by atoms with E-state index >= 15 is 0 Å². The second kappa shape index (κ2) is 3.56. The maximum Gasteiger partial charge on any atom is 0.153 e. The van der Waals surface area contributed by atoms with Crippen molar-refractivity contribution in [1.29, 1.82) is 0 Å². The molecule has 2 N–H and O–H groups in total. The third-order valence-corrected chi connectivity index (χ3v) is 2.08. The largest absolute Gasteiger partial charge is 0.495 e. The Morgan fingerprint density at radius 3 is 2.73 bits per heavy atom. The fraction of sp³-hybridized carbons (Fsp3) is 0.222. The summed E-state index contributed by atoms with van der Waals surface area (Å²) in [4.78, 5) is 0. The third kappa shape index (κ3) is 1.61. The van der Waals surface area contributed by atoms with E-state index in [-0.39, 0.29) is 0 Å². The van der Waals surface area contributed by atoms with E-state index in [1.54, 1.807) is 23.9 Å². The summed E-state index contributed by atoms with van der Waals surface area (Å²) in [5, 5.41) is 11.2. The lowest BCUT2D eigenvalue weighted by molar-refractivity contribution is 0.417. The summed E-state index contributed by atoms with van der Waals surface area (Å²) < 4.78 is 6.67. The molecule has 1 heterocycles. The zero-order chi connectivity index (χ0) is 10.8. The highest BCUT2D eigenvalue weighted by atomic mass is 16.5. The molecule has 0 unspecified atom stereocenters. The number of nitrogens with zero attached hydrogens (tertiary/aromatic N) is 4. The minimum absolute atomic E-state index is 0.560. The number of benzene rings is 1. The molecule has 2 aromatic rings. The highest BCUT2D eigenvalue weighted by Gasteiger charge is 2.06. The van der Waals surface area contributed by atoms with Crippen molar-refractivity contribution in [1.82, 2.24) is 20.2 Å². The Morgan fingerprint density at radius 2 is 2.20 bits per heavy atom. The molecule has 78 valence electrons. The van der Waals surface area contributed by atoms with Gasteiger partial charge in [-0.15, -0.1) is 5.10 Å². The highest BCUT2D eigenvalue weighted by molar-refractivity contribution is 5.58. The molecule has 0 saturated heterocycles. The number of nitrogens with two attached hydrogens (primary N) is 1. The van der Waals surface area contributed by atoms with Gasteiger partial charge in [0, 0.05) is 0 Å². The van der Waals surface area contributed by atoms with Crippen LogP contribution in [0.1, 0.15) is 5.82 Å². The maximum absolute atomic E-state index is 5.78. The topological polar surface area (TPSA) is 78.8 Å². The summed E-state index contributed by atoms with van der Waals surface area (Å²) in [5.74, 6) is 1.35. The fourth-order valence-corrected chi connectivity index (χ4v) is 1.32. The molecule has 0 atom stereocenters. The molecule has 6 heteroatoms. The van der Waals surface area contributed by atoms with Gasteiger partial charge in [0.15, 0.2) is 5.82 Å². The van der Waals surface area contributed by atoms with Crippen LogP contribution in [-0.2, 0) is 0 Å². The molecule has 0 bridgehead atoms. The summed E-state index contributed by atoms with van der Waals surface area (Å²) in [7, 11) is 1.58. The zero-order valence-corrected chi connectivity index (χ0v) is 8.51. The van der Waals surface area contributed by atoms with E-state index in [9.17, 15) is 0 Å². The van der Waals surface area contributed by atoms with E-state index in [2.05, 4.69) is 15.5 Å². The number of tetrazole rings is 1. The molecule has 6 nitrogen and oxygen atoms in total. The Kier molecular flexibility index (Phi) is 2.24. The first-order valence-corrected chi connectivity index (χ1v) is 4.41. The average molecular weight is 205 g/mol. The van der Waals surface area contributed by atoms with E-state index < -0.39 is 0 Å². The predicted molar refractivity (Wildman–Crippen MR) is 54.9 cm³/mol. The zero-order valence-electron chi connectivity index (χ0n) is 8.51.